The first kappa shape index (κ1) is 23.5. The smallest absolute Gasteiger partial charge is 0.267 e. The van der Waals surface area contributed by atoms with Crippen LogP contribution in [0.3, 0.4) is 0 Å². The summed E-state index contributed by atoms with van der Waals surface area (Å²) in [5, 5.41) is 0. The number of anilines is 1. The SMILES string of the molecule is Cc1ccc2nc(N3CC(C)CC(C)C3)c(/C=C3/SC(=S)N(CC4CCCO4)C3=O)c(=O)n2c1. The van der Waals surface area contributed by atoms with Crippen LogP contribution in [0.25, 0.3) is 11.7 Å². The van der Waals surface area contributed by atoms with E-state index in [1.807, 2.05) is 19.1 Å². The molecule has 0 N–H and O–H groups in total. The van der Waals surface area contributed by atoms with E-state index in [0.29, 0.717) is 44.6 Å². The van der Waals surface area contributed by atoms with Crippen LogP contribution in [0.15, 0.2) is 28.0 Å². The van der Waals surface area contributed by atoms with Gasteiger partial charge in [-0.05, 0) is 55.7 Å². The molecule has 3 unspecified atom stereocenters. The van der Waals surface area contributed by atoms with Gasteiger partial charge in [0.2, 0.25) is 0 Å². The summed E-state index contributed by atoms with van der Waals surface area (Å²) in [5.41, 5.74) is 1.86. The lowest BCUT2D eigenvalue weighted by Gasteiger charge is -2.36. The van der Waals surface area contributed by atoms with Gasteiger partial charge in [-0.3, -0.25) is 18.9 Å². The summed E-state index contributed by atoms with van der Waals surface area (Å²) in [7, 11) is 0. The van der Waals surface area contributed by atoms with Gasteiger partial charge >= 0.3 is 0 Å². The summed E-state index contributed by atoms with van der Waals surface area (Å²) >= 11 is 6.78. The zero-order valence-corrected chi connectivity index (χ0v) is 21.5. The lowest BCUT2D eigenvalue weighted by Crippen LogP contribution is -2.40. The second kappa shape index (κ2) is 9.43. The topological polar surface area (TPSA) is 67.2 Å². The maximum atomic E-state index is 13.7. The lowest BCUT2D eigenvalue weighted by molar-refractivity contribution is -0.123. The van der Waals surface area contributed by atoms with E-state index in [1.54, 1.807) is 21.6 Å². The quantitative estimate of drug-likeness (QED) is 0.468. The van der Waals surface area contributed by atoms with Crippen molar-refractivity contribution < 1.29 is 9.53 Å². The Hall–Kier alpha value is -2.23. The summed E-state index contributed by atoms with van der Waals surface area (Å²) in [6, 6.07) is 3.84. The fourth-order valence-corrected chi connectivity index (χ4v) is 6.49. The Balaban J connectivity index is 1.58. The first-order chi connectivity index (χ1) is 16.3. The Morgan fingerprint density at radius 1 is 1.24 bits per heavy atom. The molecular formula is C25H30N4O3S2. The van der Waals surface area contributed by atoms with Gasteiger partial charge in [0.15, 0.2) is 0 Å². The van der Waals surface area contributed by atoms with Crippen molar-refractivity contribution in [3.8, 4) is 0 Å². The van der Waals surface area contributed by atoms with E-state index >= 15 is 0 Å². The van der Waals surface area contributed by atoms with Crippen molar-refractivity contribution in [2.45, 2.75) is 46.1 Å². The maximum Gasteiger partial charge on any atom is 0.267 e. The van der Waals surface area contributed by atoms with Crippen LogP contribution in [0.4, 0.5) is 5.82 Å². The highest BCUT2D eigenvalue weighted by Gasteiger charge is 2.35. The molecule has 3 aliphatic rings. The van der Waals surface area contributed by atoms with Crippen molar-refractivity contribution in [2.75, 3.05) is 31.1 Å². The van der Waals surface area contributed by atoms with Crippen molar-refractivity contribution in [2.24, 2.45) is 11.8 Å². The van der Waals surface area contributed by atoms with Crippen LogP contribution in [-0.4, -0.2) is 56.9 Å². The average molecular weight is 499 g/mol. The molecule has 5 heterocycles. The molecule has 2 aromatic rings. The minimum atomic E-state index is -0.168. The maximum absolute atomic E-state index is 13.7. The number of nitrogens with zero attached hydrogens (tertiary/aromatic N) is 4. The van der Waals surface area contributed by atoms with Gasteiger partial charge in [0, 0.05) is 25.9 Å². The predicted molar refractivity (Wildman–Crippen MR) is 140 cm³/mol. The van der Waals surface area contributed by atoms with Crippen LogP contribution in [0.5, 0.6) is 0 Å². The number of ether oxygens (including phenoxy) is 1. The summed E-state index contributed by atoms with van der Waals surface area (Å²) in [4.78, 5) is 36.2. The van der Waals surface area contributed by atoms with Gasteiger partial charge < -0.3 is 9.64 Å². The molecule has 3 aliphatic heterocycles. The van der Waals surface area contributed by atoms with Crippen LogP contribution >= 0.6 is 24.0 Å². The number of pyridine rings is 1. The standard InChI is InChI=1S/C25H30N4O3S2/c1-15-6-7-21-26-22(27-11-16(2)9-17(3)12-27)19(23(30)28(21)13-15)10-20-24(31)29(25(33)34-20)14-18-5-4-8-32-18/h6-7,10,13,16-18H,4-5,8-9,11-12,14H2,1-3H3/b20-10+. The number of piperidine rings is 1. The number of carbonyl (C=O) groups is 1. The largest absolute Gasteiger partial charge is 0.376 e. The molecule has 2 aromatic heterocycles. The molecule has 7 nitrogen and oxygen atoms in total. The molecule has 3 fully saturated rings. The van der Waals surface area contributed by atoms with E-state index in [1.165, 1.54) is 11.8 Å². The molecule has 0 saturated carbocycles. The first-order valence-corrected chi connectivity index (χ1v) is 13.2. The molecule has 9 heteroatoms. The molecule has 3 saturated heterocycles. The highest BCUT2D eigenvalue weighted by molar-refractivity contribution is 8.26. The third-order valence-corrected chi connectivity index (χ3v) is 8.09. The number of amides is 1. The molecule has 0 aliphatic carbocycles. The monoisotopic (exact) mass is 498 g/mol. The molecule has 5 rings (SSSR count). The van der Waals surface area contributed by atoms with Crippen LogP contribution in [0.1, 0.15) is 44.2 Å². The average Bonchev–Trinajstić information content (AvgIpc) is 3.39. The molecule has 1 amide bonds. The van der Waals surface area contributed by atoms with Crippen LogP contribution in [0, 0.1) is 18.8 Å². The summed E-state index contributed by atoms with van der Waals surface area (Å²) < 4.78 is 7.80. The van der Waals surface area contributed by atoms with E-state index in [0.717, 1.165) is 44.5 Å². The van der Waals surface area contributed by atoms with Crippen molar-refractivity contribution in [1.82, 2.24) is 14.3 Å². The first-order valence-electron chi connectivity index (χ1n) is 11.9. The van der Waals surface area contributed by atoms with Crippen LogP contribution in [-0.2, 0) is 9.53 Å². The van der Waals surface area contributed by atoms with Crippen molar-refractivity contribution in [3.05, 3.63) is 44.7 Å². The number of rotatable bonds is 4. The Kier molecular flexibility index (Phi) is 6.52. The van der Waals surface area contributed by atoms with Gasteiger partial charge in [-0.25, -0.2) is 4.98 Å². The number of hydrogen-bond acceptors (Lipinski definition) is 7. The van der Waals surface area contributed by atoms with Gasteiger partial charge in [0.25, 0.3) is 11.5 Å². The summed E-state index contributed by atoms with van der Waals surface area (Å²) in [6.45, 7) is 9.27. The third-order valence-electron chi connectivity index (χ3n) is 6.71. The fraction of sp³-hybridized carbons (Fsp3) is 0.520. The zero-order chi connectivity index (χ0) is 24.0. The van der Waals surface area contributed by atoms with E-state index in [9.17, 15) is 9.59 Å². The minimum Gasteiger partial charge on any atom is -0.376 e. The number of thiocarbonyl (C=S) groups is 1. The molecule has 3 atom stereocenters. The van der Waals surface area contributed by atoms with Crippen LogP contribution < -0.4 is 10.5 Å². The second-order valence-electron chi connectivity index (χ2n) is 9.87. The van der Waals surface area contributed by atoms with Gasteiger partial charge in [-0.1, -0.05) is 43.9 Å². The fourth-order valence-electron chi connectivity index (χ4n) is 5.23. The molecule has 0 spiro atoms. The van der Waals surface area contributed by atoms with Gasteiger partial charge in [-0.2, -0.15) is 0 Å². The molecule has 0 aromatic carbocycles. The molecule has 180 valence electrons. The van der Waals surface area contributed by atoms with E-state index in [-0.39, 0.29) is 17.6 Å². The molecular weight excluding hydrogens is 468 g/mol. The molecule has 0 radical (unpaired) electrons. The molecule has 34 heavy (non-hydrogen) atoms. The third kappa shape index (κ3) is 4.53. The Labute approximate surface area is 209 Å². The Bertz CT molecular complexity index is 1220. The number of fused-ring (bicyclic) bond motifs is 1. The number of aryl methyl sites for hydroxylation is 1. The summed E-state index contributed by atoms with van der Waals surface area (Å²) in [6.07, 6.45) is 6.61. The van der Waals surface area contributed by atoms with Crippen LogP contribution in [0.2, 0.25) is 0 Å². The lowest BCUT2D eigenvalue weighted by atomic mass is 9.91. The minimum absolute atomic E-state index is 0.0182. The van der Waals surface area contributed by atoms with Gasteiger partial charge in [-0.15, -0.1) is 0 Å². The second-order valence-corrected chi connectivity index (χ2v) is 11.5. The highest BCUT2D eigenvalue weighted by Crippen LogP contribution is 2.35. The summed E-state index contributed by atoms with van der Waals surface area (Å²) in [5.74, 6) is 1.49. The van der Waals surface area contributed by atoms with E-state index < -0.39 is 0 Å². The van der Waals surface area contributed by atoms with Crippen molar-refractivity contribution in [3.63, 3.8) is 0 Å². The number of hydrogen-bond donors (Lipinski definition) is 0. The Morgan fingerprint density at radius 3 is 2.71 bits per heavy atom. The van der Waals surface area contributed by atoms with Crippen molar-refractivity contribution >= 4 is 51.7 Å². The normalized spacial score (nSPS) is 26.9. The number of thioether (sulfide) groups is 1. The van der Waals surface area contributed by atoms with Crippen molar-refractivity contribution in [1.29, 1.82) is 0 Å². The molecule has 0 bridgehead atoms. The van der Waals surface area contributed by atoms with Gasteiger partial charge in [0.05, 0.1) is 23.1 Å². The van der Waals surface area contributed by atoms with E-state index in [2.05, 4.69) is 18.7 Å². The number of carbonyl (C=O) groups excluding carboxylic acids is 1. The predicted octanol–water partition coefficient (Wildman–Crippen LogP) is 3.87. The highest BCUT2D eigenvalue weighted by atomic mass is 32.2. The number of aromatic nitrogens is 2. The van der Waals surface area contributed by atoms with E-state index in [4.69, 9.17) is 21.9 Å². The Morgan fingerprint density at radius 2 is 2.00 bits per heavy atom. The zero-order valence-electron chi connectivity index (χ0n) is 19.8. The van der Waals surface area contributed by atoms with Gasteiger partial charge in [0.1, 0.15) is 15.8 Å².